The van der Waals surface area contributed by atoms with Crippen LogP contribution in [0.5, 0.6) is 0 Å². The third-order valence-electron chi connectivity index (χ3n) is 5.56. The minimum absolute atomic E-state index is 0.0403. The van der Waals surface area contributed by atoms with Crippen LogP contribution in [-0.4, -0.2) is 54.5 Å². The minimum Gasteiger partial charge on any atom is -0.349 e. The van der Waals surface area contributed by atoms with Crippen LogP contribution in [0, 0.1) is 17.2 Å². The van der Waals surface area contributed by atoms with E-state index in [0.717, 1.165) is 22.7 Å². The number of hydrogen-bond donors (Lipinski definition) is 1. The van der Waals surface area contributed by atoms with Gasteiger partial charge in [-0.3, -0.25) is 9.59 Å². The van der Waals surface area contributed by atoms with Crippen LogP contribution in [0.2, 0.25) is 0 Å². The summed E-state index contributed by atoms with van der Waals surface area (Å²) in [4.78, 5) is 33.1. The highest BCUT2D eigenvalue weighted by Gasteiger charge is 2.37. The van der Waals surface area contributed by atoms with Crippen LogP contribution in [0.4, 0.5) is 0 Å². The number of hydrogen-bond acceptors (Lipinski definition) is 8. The molecule has 0 spiro atoms. The Kier molecular flexibility index (Phi) is 6.23. The molecule has 1 saturated heterocycles. The normalized spacial score (nSPS) is 18.2. The highest BCUT2D eigenvalue weighted by molar-refractivity contribution is 7.09. The molecule has 1 aliphatic heterocycles. The van der Waals surface area contributed by atoms with Gasteiger partial charge >= 0.3 is 0 Å². The molecule has 1 aliphatic rings. The van der Waals surface area contributed by atoms with Crippen LogP contribution in [0.15, 0.2) is 29.6 Å². The maximum Gasteiger partial charge on any atom is 0.295 e. The fourth-order valence-corrected chi connectivity index (χ4v) is 4.56. The Morgan fingerprint density at radius 2 is 2.09 bits per heavy atom. The average Bonchev–Trinajstić information content (AvgIpc) is 3.46. The molecule has 32 heavy (non-hydrogen) atoms. The number of thiazole rings is 1. The fourth-order valence-electron chi connectivity index (χ4n) is 3.81. The minimum atomic E-state index is -0.317. The molecule has 164 valence electrons. The van der Waals surface area contributed by atoms with Crippen LogP contribution in [-0.2, 0) is 18.4 Å². The SMILES string of the molecule is C[C@H]1[C@@H](C(=O)NCc2nc(-c3ccc(C#N)cc3)cs2)CCCN1C(=O)c1nnn(C)n1. The van der Waals surface area contributed by atoms with Gasteiger partial charge in [-0.2, -0.15) is 10.1 Å². The summed E-state index contributed by atoms with van der Waals surface area (Å²) in [5, 5.41) is 26.1. The number of tetrazole rings is 1. The van der Waals surface area contributed by atoms with Crippen molar-refractivity contribution < 1.29 is 9.59 Å². The molecule has 10 nitrogen and oxygen atoms in total. The number of benzene rings is 1. The van der Waals surface area contributed by atoms with Gasteiger partial charge in [-0.1, -0.05) is 12.1 Å². The van der Waals surface area contributed by atoms with Gasteiger partial charge in [0.15, 0.2) is 0 Å². The van der Waals surface area contributed by atoms with Crippen molar-refractivity contribution >= 4 is 23.2 Å². The first-order valence-corrected chi connectivity index (χ1v) is 11.1. The van der Waals surface area contributed by atoms with E-state index in [4.69, 9.17) is 5.26 Å². The monoisotopic (exact) mass is 450 g/mol. The molecule has 0 bridgehead atoms. The van der Waals surface area contributed by atoms with Crippen molar-refractivity contribution in [3.8, 4) is 17.3 Å². The highest BCUT2D eigenvalue weighted by Crippen LogP contribution is 2.26. The summed E-state index contributed by atoms with van der Waals surface area (Å²) in [6.07, 6.45) is 1.44. The Balaban J connectivity index is 1.37. The molecule has 2 atom stereocenters. The number of aromatic nitrogens is 5. The van der Waals surface area contributed by atoms with E-state index < -0.39 is 0 Å². The second kappa shape index (κ2) is 9.23. The number of piperidine rings is 1. The molecular weight excluding hydrogens is 428 g/mol. The number of likely N-dealkylation sites (tertiary alicyclic amines) is 1. The fraction of sp³-hybridized carbons (Fsp3) is 0.381. The van der Waals surface area contributed by atoms with Gasteiger partial charge in [0.1, 0.15) is 5.01 Å². The van der Waals surface area contributed by atoms with E-state index >= 15 is 0 Å². The van der Waals surface area contributed by atoms with Gasteiger partial charge in [-0.25, -0.2) is 4.98 Å². The van der Waals surface area contributed by atoms with Gasteiger partial charge in [0, 0.05) is 23.5 Å². The zero-order valence-corrected chi connectivity index (χ0v) is 18.5. The summed E-state index contributed by atoms with van der Waals surface area (Å²) >= 11 is 1.47. The number of carbonyl (C=O) groups excluding carboxylic acids is 2. The number of carbonyl (C=O) groups is 2. The smallest absolute Gasteiger partial charge is 0.295 e. The molecule has 0 saturated carbocycles. The molecule has 0 aliphatic carbocycles. The Labute approximate surface area is 188 Å². The standard InChI is InChI=1S/C21H22N8O2S/c1-13-16(4-3-9-29(13)21(31)19-25-27-28(2)26-19)20(30)23-11-18-24-17(12-32-18)15-7-5-14(10-22)6-8-15/h5-8,12-13,16H,3-4,9,11H2,1-2H3,(H,23,30)/t13-,16-/m0/s1. The number of aryl methyl sites for hydroxylation is 1. The second-order valence-electron chi connectivity index (χ2n) is 7.62. The summed E-state index contributed by atoms with van der Waals surface area (Å²) in [7, 11) is 1.60. The highest BCUT2D eigenvalue weighted by atomic mass is 32.1. The van der Waals surface area contributed by atoms with Crippen molar-refractivity contribution in [3.05, 3.63) is 46.0 Å². The summed E-state index contributed by atoms with van der Waals surface area (Å²) in [6, 6.07) is 9.05. The van der Waals surface area contributed by atoms with Gasteiger partial charge in [-0.15, -0.1) is 21.5 Å². The number of nitriles is 1. The molecule has 3 aromatic rings. The molecule has 11 heteroatoms. The lowest BCUT2D eigenvalue weighted by Crippen LogP contribution is -2.51. The Bertz CT molecular complexity index is 1160. The van der Waals surface area contributed by atoms with Crippen LogP contribution in [0.1, 0.15) is 41.0 Å². The molecule has 1 fully saturated rings. The maximum absolute atomic E-state index is 12.9. The first kappa shape index (κ1) is 21.6. The number of nitrogens with one attached hydrogen (secondary N) is 1. The van der Waals surface area contributed by atoms with E-state index in [1.807, 2.05) is 24.4 Å². The van der Waals surface area contributed by atoms with Crippen molar-refractivity contribution in [3.63, 3.8) is 0 Å². The molecule has 3 heterocycles. The number of rotatable bonds is 5. The lowest BCUT2D eigenvalue weighted by molar-refractivity contribution is -0.128. The Hall–Kier alpha value is -3.65. The zero-order chi connectivity index (χ0) is 22.7. The first-order chi connectivity index (χ1) is 15.5. The lowest BCUT2D eigenvalue weighted by Gasteiger charge is -2.37. The van der Waals surface area contributed by atoms with E-state index in [0.29, 0.717) is 25.1 Å². The average molecular weight is 451 g/mol. The number of nitrogens with zero attached hydrogens (tertiary/aromatic N) is 7. The number of amides is 2. The maximum atomic E-state index is 12.9. The van der Waals surface area contributed by atoms with E-state index in [1.165, 1.54) is 16.1 Å². The van der Waals surface area contributed by atoms with Gasteiger partial charge in [0.2, 0.25) is 5.91 Å². The van der Waals surface area contributed by atoms with E-state index in [9.17, 15) is 9.59 Å². The predicted molar refractivity (Wildman–Crippen MR) is 116 cm³/mol. The van der Waals surface area contributed by atoms with Gasteiger partial charge in [0.25, 0.3) is 11.7 Å². The Morgan fingerprint density at radius 1 is 1.31 bits per heavy atom. The molecule has 0 unspecified atom stereocenters. The molecular formula is C21H22N8O2S. The summed E-state index contributed by atoms with van der Waals surface area (Å²) in [5.74, 6) is -0.687. The molecule has 0 radical (unpaired) electrons. The van der Waals surface area contributed by atoms with Crippen molar-refractivity contribution in [2.75, 3.05) is 6.54 Å². The van der Waals surface area contributed by atoms with Gasteiger partial charge < -0.3 is 10.2 Å². The largest absolute Gasteiger partial charge is 0.349 e. The van der Waals surface area contributed by atoms with E-state index in [-0.39, 0.29) is 29.6 Å². The molecule has 2 amide bonds. The van der Waals surface area contributed by atoms with Crippen LogP contribution in [0.3, 0.4) is 0 Å². The van der Waals surface area contributed by atoms with E-state index in [2.05, 4.69) is 31.8 Å². The van der Waals surface area contributed by atoms with Crippen molar-refractivity contribution in [2.24, 2.45) is 13.0 Å². The summed E-state index contributed by atoms with van der Waals surface area (Å²) in [6.45, 7) is 2.76. The lowest BCUT2D eigenvalue weighted by atomic mass is 9.89. The van der Waals surface area contributed by atoms with Gasteiger partial charge in [0.05, 0.1) is 36.8 Å². The van der Waals surface area contributed by atoms with Crippen molar-refractivity contribution in [1.29, 1.82) is 5.26 Å². The molecule has 1 aromatic carbocycles. The van der Waals surface area contributed by atoms with Crippen molar-refractivity contribution in [2.45, 2.75) is 32.4 Å². The summed E-state index contributed by atoms with van der Waals surface area (Å²) in [5.41, 5.74) is 2.33. The quantitative estimate of drug-likeness (QED) is 0.627. The zero-order valence-electron chi connectivity index (χ0n) is 17.7. The topological polar surface area (TPSA) is 130 Å². The third-order valence-corrected chi connectivity index (χ3v) is 6.41. The molecule has 1 N–H and O–H groups in total. The predicted octanol–water partition coefficient (Wildman–Crippen LogP) is 1.76. The van der Waals surface area contributed by atoms with Crippen molar-refractivity contribution in [1.82, 2.24) is 35.4 Å². The molecule has 4 rings (SSSR count). The van der Waals surface area contributed by atoms with Crippen LogP contribution in [0.25, 0.3) is 11.3 Å². The second-order valence-corrected chi connectivity index (χ2v) is 8.57. The Morgan fingerprint density at radius 3 is 2.78 bits per heavy atom. The van der Waals surface area contributed by atoms with Gasteiger partial charge in [-0.05, 0) is 37.1 Å². The van der Waals surface area contributed by atoms with E-state index in [1.54, 1.807) is 24.1 Å². The first-order valence-electron chi connectivity index (χ1n) is 10.2. The van der Waals surface area contributed by atoms with Crippen LogP contribution < -0.4 is 5.32 Å². The third kappa shape index (κ3) is 4.50. The molecule has 2 aromatic heterocycles. The summed E-state index contributed by atoms with van der Waals surface area (Å²) < 4.78 is 0. The van der Waals surface area contributed by atoms with Crippen LogP contribution >= 0.6 is 11.3 Å².